The molecule has 1 aromatic heterocycles. The van der Waals surface area contributed by atoms with E-state index in [0.717, 1.165) is 28.2 Å². The smallest absolute Gasteiger partial charge is 0.143 e. The van der Waals surface area contributed by atoms with Crippen molar-refractivity contribution in [3.63, 3.8) is 0 Å². The molecule has 0 atom stereocenters. The highest BCUT2D eigenvalue weighted by Gasteiger charge is 2.05. The van der Waals surface area contributed by atoms with Gasteiger partial charge in [0.05, 0.1) is 3.57 Å². The van der Waals surface area contributed by atoms with E-state index in [1.54, 1.807) is 0 Å². The molecule has 0 aromatic carbocycles. The monoisotopic (exact) mass is 305 g/mol. The Balaban J connectivity index is 2.83. The van der Waals surface area contributed by atoms with E-state index in [-0.39, 0.29) is 0 Å². The lowest BCUT2D eigenvalue weighted by Gasteiger charge is -2.08. The summed E-state index contributed by atoms with van der Waals surface area (Å²) in [5.74, 6) is 2.49. The number of nitrogens with zero attached hydrogens (tertiary/aromatic N) is 2. The maximum atomic E-state index is 4.47. The summed E-state index contributed by atoms with van der Waals surface area (Å²) >= 11 is 2.25. The molecule has 1 heterocycles. The van der Waals surface area contributed by atoms with Crippen molar-refractivity contribution in [1.29, 1.82) is 0 Å². The van der Waals surface area contributed by atoms with Crippen LogP contribution >= 0.6 is 22.6 Å². The molecule has 4 heteroatoms. The highest BCUT2D eigenvalue weighted by Crippen LogP contribution is 2.15. The zero-order valence-electron chi connectivity index (χ0n) is 8.84. The van der Waals surface area contributed by atoms with Crippen molar-refractivity contribution in [1.82, 2.24) is 9.97 Å². The van der Waals surface area contributed by atoms with Gasteiger partial charge < -0.3 is 5.32 Å². The maximum absolute atomic E-state index is 4.47. The average molecular weight is 305 g/mol. The van der Waals surface area contributed by atoms with E-state index in [9.17, 15) is 0 Å². The van der Waals surface area contributed by atoms with E-state index >= 15 is 0 Å². The molecule has 1 rings (SSSR count). The predicted octanol–water partition coefficient (Wildman–Crippen LogP) is 2.71. The van der Waals surface area contributed by atoms with Crippen LogP contribution in [0, 0.1) is 9.49 Å². The van der Waals surface area contributed by atoms with E-state index in [2.05, 4.69) is 58.6 Å². The van der Waals surface area contributed by atoms with Crippen LogP contribution < -0.4 is 5.32 Å². The molecule has 0 fully saturated rings. The van der Waals surface area contributed by atoms with Gasteiger partial charge in [0.15, 0.2) is 0 Å². The van der Waals surface area contributed by atoms with Crippen LogP contribution in [0.25, 0.3) is 0 Å². The minimum absolute atomic E-state index is 0.601. The van der Waals surface area contributed by atoms with Crippen molar-refractivity contribution in [2.24, 2.45) is 5.92 Å². The van der Waals surface area contributed by atoms with Gasteiger partial charge in [-0.05, 0) is 35.4 Å². The third-order valence-corrected chi connectivity index (χ3v) is 2.52. The quantitative estimate of drug-likeness (QED) is 0.869. The first-order valence-corrected chi connectivity index (χ1v) is 5.96. The molecule has 0 aliphatic heterocycles. The molecule has 0 bridgehead atoms. The lowest BCUT2D eigenvalue weighted by Crippen LogP contribution is -2.07. The molecule has 0 radical (unpaired) electrons. The second kappa shape index (κ2) is 5.48. The highest BCUT2D eigenvalue weighted by atomic mass is 127. The Kier molecular flexibility index (Phi) is 4.57. The topological polar surface area (TPSA) is 37.8 Å². The van der Waals surface area contributed by atoms with Crippen LogP contribution in [0.5, 0.6) is 0 Å². The van der Waals surface area contributed by atoms with E-state index < -0.39 is 0 Å². The van der Waals surface area contributed by atoms with E-state index in [1.807, 2.05) is 6.20 Å². The van der Waals surface area contributed by atoms with Gasteiger partial charge in [-0.1, -0.05) is 13.8 Å². The summed E-state index contributed by atoms with van der Waals surface area (Å²) in [6.45, 7) is 7.32. The fourth-order valence-electron chi connectivity index (χ4n) is 1.16. The Morgan fingerprint density at radius 3 is 2.79 bits per heavy atom. The molecule has 0 saturated heterocycles. The fourth-order valence-corrected chi connectivity index (χ4v) is 1.61. The van der Waals surface area contributed by atoms with Crippen molar-refractivity contribution >= 4 is 28.4 Å². The first kappa shape index (κ1) is 11.7. The molecule has 0 unspecified atom stereocenters. The molecule has 1 N–H and O–H groups in total. The number of hydrogen-bond donors (Lipinski definition) is 1. The minimum atomic E-state index is 0.601. The lowest BCUT2D eigenvalue weighted by molar-refractivity contribution is 0.620. The Morgan fingerprint density at radius 2 is 2.21 bits per heavy atom. The van der Waals surface area contributed by atoms with Gasteiger partial charge in [-0.3, -0.25) is 0 Å². The van der Waals surface area contributed by atoms with Crippen molar-refractivity contribution in [3.8, 4) is 0 Å². The van der Waals surface area contributed by atoms with Crippen molar-refractivity contribution in [2.45, 2.75) is 27.2 Å². The molecule has 14 heavy (non-hydrogen) atoms. The van der Waals surface area contributed by atoms with Crippen molar-refractivity contribution in [3.05, 3.63) is 15.6 Å². The number of nitrogens with one attached hydrogen (secondary N) is 1. The number of hydrogen-bond acceptors (Lipinski definition) is 3. The first-order chi connectivity index (χ1) is 6.63. The molecule has 0 aliphatic carbocycles. The fraction of sp³-hybridized carbons (Fsp3) is 0.600. The Labute approximate surface area is 98.9 Å². The summed E-state index contributed by atoms with van der Waals surface area (Å²) in [6, 6.07) is 0. The third-order valence-electron chi connectivity index (χ3n) is 1.73. The third kappa shape index (κ3) is 3.40. The van der Waals surface area contributed by atoms with Gasteiger partial charge in [-0.2, -0.15) is 0 Å². The second-order valence-electron chi connectivity index (χ2n) is 3.61. The molecule has 0 spiro atoms. The van der Waals surface area contributed by atoms with Crippen LogP contribution in [0.15, 0.2) is 6.20 Å². The summed E-state index contributed by atoms with van der Waals surface area (Å²) in [5.41, 5.74) is 0. The largest absolute Gasteiger partial charge is 0.369 e. The summed E-state index contributed by atoms with van der Waals surface area (Å²) in [5, 5.41) is 3.23. The Bertz CT molecular complexity index is 299. The zero-order chi connectivity index (χ0) is 10.6. The number of aromatic nitrogens is 2. The molecule has 0 amide bonds. The number of halogens is 1. The van der Waals surface area contributed by atoms with E-state index in [1.165, 1.54) is 0 Å². The van der Waals surface area contributed by atoms with Gasteiger partial charge in [0.2, 0.25) is 0 Å². The van der Waals surface area contributed by atoms with Crippen molar-refractivity contribution in [2.75, 3.05) is 11.9 Å². The van der Waals surface area contributed by atoms with Gasteiger partial charge in [0.1, 0.15) is 11.6 Å². The molecule has 78 valence electrons. The minimum Gasteiger partial charge on any atom is -0.369 e. The van der Waals surface area contributed by atoms with Crippen LogP contribution in [0.4, 0.5) is 5.82 Å². The Hall–Kier alpha value is -0.390. The predicted molar refractivity (Wildman–Crippen MR) is 67.5 cm³/mol. The number of anilines is 1. The summed E-state index contributed by atoms with van der Waals surface area (Å²) in [6.07, 6.45) is 2.82. The molecule has 1 aromatic rings. The molecule has 0 aliphatic rings. The van der Waals surface area contributed by atoms with Gasteiger partial charge in [0, 0.05) is 19.2 Å². The summed E-state index contributed by atoms with van der Waals surface area (Å²) in [7, 11) is 0. The molecule has 3 nitrogen and oxygen atoms in total. The van der Waals surface area contributed by atoms with Gasteiger partial charge >= 0.3 is 0 Å². The molecular weight excluding hydrogens is 289 g/mol. The number of rotatable bonds is 4. The van der Waals surface area contributed by atoms with E-state index in [0.29, 0.717) is 5.92 Å². The SMILES string of the molecule is CCNc1nc(CC(C)C)ncc1I. The van der Waals surface area contributed by atoms with Crippen molar-refractivity contribution < 1.29 is 0 Å². The standard InChI is InChI=1S/C10H16IN3/c1-4-12-10-8(11)6-13-9(14-10)5-7(2)3/h6-7H,4-5H2,1-3H3,(H,12,13,14). The second-order valence-corrected chi connectivity index (χ2v) is 4.77. The van der Waals surface area contributed by atoms with Gasteiger partial charge in [0.25, 0.3) is 0 Å². The normalized spacial score (nSPS) is 10.6. The van der Waals surface area contributed by atoms with Crippen LogP contribution in [-0.4, -0.2) is 16.5 Å². The van der Waals surface area contributed by atoms with E-state index in [4.69, 9.17) is 0 Å². The summed E-state index contributed by atoms with van der Waals surface area (Å²) < 4.78 is 1.08. The van der Waals surface area contributed by atoms with Gasteiger partial charge in [-0.15, -0.1) is 0 Å². The highest BCUT2D eigenvalue weighted by molar-refractivity contribution is 14.1. The first-order valence-electron chi connectivity index (χ1n) is 4.88. The molecular formula is C10H16IN3. The summed E-state index contributed by atoms with van der Waals surface area (Å²) in [4.78, 5) is 8.78. The van der Waals surface area contributed by atoms with Crippen LogP contribution in [0.3, 0.4) is 0 Å². The van der Waals surface area contributed by atoms with Crippen LogP contribution in [0.1, 0.15) is 26.6 Å². The average Bonchev–Trinajstić information content (AvgIpc) is 2.10. The maximum Gasteiger partial charge on any atom is 0.143 e. The molecule has 0 saturated carbocycles. The van der Waals surface area contributed by atoms with Crippen LogP contribution in [-0.2, 0) is 6.42 Å². The van der Waals surface area contributed by atoms with Crippen LogP contribution in [0.2, 0.25) is 0 Å². The van der Waals surface area contributed by atoms with Gasteiger partial charge in [-0.25, -0.2) is 9.97 Å². The Morgan fingerprint density at radius 1 is 1.50 bits per heavy atom. The lowest BCUT2D eigenvalue weighted by atomic mass is 10.1. The zero-order valence-corrected chi connectivity index (χ0v) is 11.0.